The van der Waals surface area contributed by atoms with E-state index in [1.807, 2.05) is 11.7 Å². The van der Waals surface area contributed by atoms with Crippen LogP contribution in [-0.2, 0) is 7.05 Å². The van der Waals surface area contributed by atoms with Crippen molar-refractivity contribution in [2.45, 2.75) is 38.6 Å². The van der Waals surface area contributed by atoms with Crippen LogP contribution in [0.2, 0.25) is 0 Å². The topological polar surface area (TPSA) is 37.2 Å². The fourth-order valence-corrected chi connectivity index (χ4v) is 4.19. The molecule has 0 atom stereocenters. The van der Waals surface area contributed by atoms with E-state index in [1.54, 1.807) is 11.3 Å². The average Bonchev–Trinajstić information content (AvgIpc) is 3.15. The number of anilines is 1. The Hall–Kier alpha value is -1.14. The van der Waals surface area contributed by atoms with Gasteiger partial charge in [0.2, 0.25) is 0 Å². The fourth-order valence-electron chi connectivity index (χ4n) is 3.17. The largest absolute Gasteiger partial charge is 0.350 e. The lowest BCUT2D eigenvalue weighted by Crippen LogP contribution is -2.36. The Kier molecular flexibility index (Phi) is 4.17. The van der Waals surface area contributed by atoms with Gasteiger partial charge in [-0.3, -0.25) is 0 Å². The van der Waals surface area contributed by atoms with Gasteiger partial charge in [0.05, 0.1) is 10.4 Å². The molecular formula is C15H25N5S. The van der Waals surface area contributed by atoms with Gasteiger partial charge in [0.25, 0.3) is 0 Å². The number of nitrogens with zero attached hydrogens (tertiary/aromatic N) is 5. The minimum absolute atomic E-state index is 0.792. The van der Waals surface area contributed by atoms with Crippen molar-refractivity contribution in [1.29, 1.82) is 0 Å². The van der Waals surface area contributed by atoms with E-state index < -0.39 is 0 Å². The maximum absolute atomic E-state index is 4.73. The molecule has 6 heteroatoms. The van der Waals surface area contributed by atoms with Gasteiger partial charge >= 0.3 is 0 Å². The Morgan fingerprint density at radius 3 is 2.62 bits per heavy atom. The summed E-state index contributed by atoms with van der Waals surface area (Å²) in [5, 5.41) is 5.51. The summed E-state index contributed by atoms with van der Waals surface area (Å²) in [6, 6.07) is 0.792. The molecule has 0 spiro atoms. The SMILES string of the molecule is Cc1nn(C)c2nc(N(C)CCN(C)C3CCCC3)sc12. The molecule has 0 radical (unpaired) electrons. The van der Waals surface area contributed by atoms with Crippen LogP contribution in [0.5, 0.6) is 0 Å². The van der Waals surface area contributed by atoms with Crippen molar-refractivity contribution in [3.05, 3.63) is 5.69 Å². The standard InChI is InChI=1S/C15H25N5S/c1-11-13-14(20(4)17-11)16-15(21-13)19(3)10-9-18(2)12-7-5-6-8-12/h12H,5-10H2,1-4H3. The summed E-state index contributed by atoms with van der Waals surface area (Å²) < 4.78 is 3.09. The van der Waals surface area contributed by atoms with Crippen LogP contribution in [0.25, 0.3) is 10.3 Å². The molecule has 0 aromatic carbocycles. The van der Waals surface area contributed by atoms with Crippen LogP contribution >= 0.6 is 11.3 Å². The Bertz CT molecular complexity index is 576. The van der Waals surface area contributed by atoms with Crippen molar-refractivity contribution in [2.24, 2.45) is 7.05 Å². The minimum atomic E-state index is 0.792. The summed E-state index contributed by atoms with van der Waals surface area (Å²) in [6.45, 7) is 4.19. The zero-order valence-corrected chi connectivity index (χ0v) is 14.3. The van der Waals surface area contributed by atoms with E-state index in [1.165, 1.54) is 30.4 Å². The molecule has 0 N–H and O–H groups in total. The molecule has 1 saturated carbocycles. The first-order chi connectivity index (χ1) is 10.1. The summed E-state index contributed by atoms with van der Waals surface area (Å²) in [7, 11) is 6.37. The second-order valence-corrected chi connectivity index (χ2v) is 7.18. The summed E-state index contributed by atoms with van der Waals surface area (Å²) in [6.07, 6.45) is 5.53. The third kappa shape index (κ3) is 2.92. The molecule has 21 heavy (non-hydrogen) atoms. The lowest BCUT2D eigenvalue weighted by Gasteiger charge is -2.26. The van der Waals surface area contributed by atoms with Gasteiger partial charge in [-0.1, -0.05) is 24.2 Å². The molecular weight excluding hydrogens is 282 g/mol. The summed E-state index contributed by atoms with van der Waals surface area (Å²) in [5.41, 5.74) is 2.08. The molecule has 0 unspecified atom stereocenters. The number of aryl methyl sites for hydroxylation is 2. The smallest absolute Gasteiger partial charge is 0.187 e. The number of aromatic nitrogens is 3. The quantitative estimate of drug-likeness (QED) is 0.851. The number of likely N-dealkylation sites (N-methyl/N-ethyl adjacent to an activating group) is 2. The van der Waals surface area contributed by atoms with Gasteiger partial charge < -0.3 is 9.80 Å². The number of hydrogen-bond donors (Lipinski definition) is 0. The van der Waals surface area contributed by atoms with E-state index in [0.717, 1.165) is 35.6 Å². The second-order valence-electron chi connectivity index (χ2n) is 6.20. The molecule has 0 bridgehead atoms. The normalized spacial score (nSPS) is 16.4. The van der Waals surface area contributed by atoms with Crippen molar-refractivity contribution in [3.8, 4) is 0 Å². The van der Waals surface area contributed by atoms with Crippen LogP contribution in [0, 0.1) is 6.92 Å². The number of thiazole rings is 1. The van der Waals surface area contributed by atoms with Crippen LogP contribution < -0.4 is 4.90 Å². The van der Waals surface area contributed by atoms with Gasteiger partial charge in [0.1, 0.15) is 0 Å². The molecule has 0 amide bonds. The van der Waals surface area contributed by atoms with Gasteiger partial charge in [-0.2, -0.15) is 5.10 Å². The van der Waals surface area contributed by atoms with Gasteiger partial charge in [-0.25, -0.2) is 9.67 Å². The van der Waals surface area contributed by atoms with E-state index in [0.29, 0.717) is 0 Å². The van der Waals surface area contributed by atoms with Crippen LogP contribution in [0.3, 0.4) is 0 Å². The highest BCUT2D eigenvalue weighted by Crippen LogP contribution is 2.30. The Morgan fingerprint density at radius 1 is 1.24 bits per heavy atom. The van der Waals surface area contributed by atoms with E-state index >= 15 is 0 Å². The van der Waals surface area contributed by atoms with Gasteiger partial charge in [0, 0.05) is 33.2 Å². The Morgan fingerprint density at radius 2 is 1.95 bits per heavy atom. The molecule has 116 valence electrons. The highest BCUT2D eigenvalue weighted by molar-refractivity contribution is 7.22. The predicted octanol–water partition coefficient (Wildman–Crippen LogP) is 2.65. The molecule has 2 heterocycles. The van der Waals surface area contributed by atoms with Crippen LogP contribution in [0.1, 0.15) is 31.4 Å². The monoisotopic (exact) mass is 307 g/mol. The third-order valence-corrected chi connectivity index (χ3v) is 5.86. The van der Waals surface area contributed by atoms with Gasteiger partial charge in [0.15, 0.2) is 10.8 Å². The first kappa shape index (κ1) is 14.8. The first-order valence-electron chi connectivity index (χ1n) is 7.78. The molecule has 2 aromatic heterocycles. The minimum Gasteiger partial charge on any atom is -0.350 e. The van der Waals surface area contributed by atoms with E-state index in [9.17, 15) is 0 Å². The van der Waals surface area contributed by atoms with Crippen LogP contribution in [-0.4, -0.2) is 52.9 Å². The van der Waals surface area contributed by atoms with Crippen molar-refractivity contribution < 1.29 is 0 Å². The average molecular weight is 307 g/mol. The number of hydrogen-bond acceptors (Lipinski definition) is 5. The van der Waals surface area contributed by atoms with Crippen LogP contribution in [0.4, 0.5) is 5.13 Å². The van der Waals surface area contributed by atoms with Gasteiger partial charge in [-0.15, -0.1) is 0 Å². The maximum Gasteiger partial charge on any atom is 0.187 e. The van der Waals surface area contributed by atoms with Crippen molar-refractivity contribution in [3.63, 3.8) is 0 Å². The maximum atomic E-state index is 4.73. The molecule has 3 rings (SSSR count). The Balaban J connectivity index is 1.63. The van der Waals surface area contributed by atoms with Crippen molar-refractivity contribution in [2.75, 3.05) is 32.1 Å². The third-order valence-electron chi connectivity index (χ3n) is 4.60. The predicted molar refractivity (Wildman–Crippen MR) is 89.3 cm³/mol. The summed E-state index contributed by atoms with van der Waals surface area (Å²) >= 11 is 1.75. The van der Waals surface area contributed by atoms with E-state index in [2.05, 4.69) is 35.9 Å². The van der Waals surface area contributed by atoms with E-state index in [4.69, 9.17) is 4.98 Å². The molecule has 1 aliphatic carbocycles. The summed E-state index contributed by atoms with van der Waals surface area (Å²) in [4.78, 5) is 9.53. The van der Waals surface area contributed by atoms with Crippen molar-refractivity contribution >= 4 is 26.8 Å². The highest BCUT2D eigenvalue weighted by Gasteiger charge is 2.20. The van der Waals surface area contributed by atoms with Crippen LogP contribution in [0.15, 0.2) is 0 Å². The number of fused-ring (bicyclic) bond motifs is 1. The highest BCUT2D eigenvalue weighted by atomic mass is 32.1. The van der Waals surface area contributed by atoms with Crippen molar-refractivity contribution in [1.82, 2.24) is 19.7 Å². The lowest BCUT2D eigenvalue weighted by atomic mass is 10.2. The first-order valence-corrected chi connectivity index (χ1v) is 8.59. The molecule has 1 fully saturated rings. The number of rotatable bonds is 5. The summed E-state index contributed by atoms with van der Waals surface area (Å²) in [5.74, 6) is 0. The van der Waals surface area contributed by atoms with E-state index in [-0.39, 0.29) is 0 Å². The zero-order valence-electron chi connectivity index (χ0n) is 13.5. The van der Waals surface area contributed by atoms with Gasteiger partial charge in [-0.05, 0) is 26.8 Å². The molecule has 0 aliphatic heterocycles. The molecule has 0 saturated heterocycles. The second kappa shape index (κ2) is 5.93. The molecule has 5 nitrogen and oxygen atoms in total. The lowest BCUT2D eigenvalue weighted by molar-refractivity contribution is 0.251. The molecule has 2 aromatic rings. The molecule has 1 aliphatic rings. The fraction of sp³-hybridized carbons (Fsp3) is 0.733. The Labute approximate surface area is 130 Å². The zero-order chi connectivity index (χ0) is 15.0.